The van der Waals surface area contributed by atoms with Gasteiger partial charge in [0.2, 0.25) is 0 Å². The second-order valence-electron chi connectivity index (χ2n) is 4.23. The van der Waals surface area contributed by atoms with Gasteiger partial charge in [0.15, 0.2) is 5.60 Å². The second kappa shape index (κ2) is 4.56. The van der Waals surface area contributed by atoms with E-state index in [-0.39, 0.29) is 6.42 Å². The number of halogens is 3. The molecule has 1 fully saturated rings. The van der Waals surface area contributed by atoms with E-state index in [1.165, 1.54) is 0 Å². The predicted molar refractivity (Wildman–Crippen MR) is 52.4 cm³/mol. The molecule has 0 aromatic heterocycles. The van der Waals surface area contributed by atoms with E-state index in [1.807, 2.05) is 0 Å². The van der Waals surface area contributed by atoms with Crippen LogP contribution in [0.25, 0.3) is 0 Å². The first kappa shape index (κ1) is 12.6. The van der Waals surface area contributed by atoms with Crippen molar-refractivity contribution in [3.05, 3.63) is 12.7 Å². The third-order valence-electron chi connectivity index (χ3n) is 3.24. The lowest BCUT2D eigenvalue weighted by molar-refractivity contribution is -0.273. The summed E-state index contributed by atoms with van der Waals surface area (Å²) in [6.45, 7) is 3.53. The van der Waals surface area contributed by atoms with Gasteiger partial charge in [-0.2, -0.15) is 13.2 Å². The van der Waals surface area contributed by atoms with Gasteiger partial charge in [-0.3, -0.25) is 0 Å². The summed E-state index contributed by atoms with van der Waals surface area (Å²) in [6, 6.07) is 0. The summed E-state index contributed by atoms with van der Waals surface area (Å²) >= 11 is 0. The van der Waals surface area contributed by atoms with Gasteiger partial charge in [0.1, 0.15) is 0 Å². The Labute approximate surface area is 88.0 Å². The highest BCUT2D eigenvalue weighted by Gasteiger charge is 2.59. The Bertz CT molecular complexity index is 224. The predicted octanol–water partition coefficient (Wildman–Crippen LogP) is 3.44. The maximum atomic E-state index is 12.6. The highest BCUT2D eigenvalue weighted by molar-refractivity contribution is 4.97. The molecule has 0 bridgehead atoms. The molecule has 0 heterocycles. The monoisotopic (exact) mass is 222 g/mol. The standard InChI is InChI=1S/C11H17F3O/c1-2-3-4-6-9-7-5-8-10(9,15)11(12,13)14/h2,9,15H,1,3-8H2/t9-,10?/m1/s1. The van der Waals surface area contributed by atoms with Crippen molar-refractivity contribution in [2.24, 2.45) is 5.92 Å². The van der Waals surface area contributed by atoms with Crippen molar-refractivity contribution >= 4 is 0 Å². The summed E-state index contributed by atoms with van der Waals surface area (Å²) in [5.74, 6) is -0.627. The molecule has 0 amide bonds. The minimum Gasteiger partial charge on any atom is -0.380 e. The van der Waals surface area contributed by atoms with Gasteiger partial charge >= 0.3 is 6.18 Å². The third kappa shape index (κ3) is 2.54. The Morgan fingerprint density at radius 3 is 2.67 bits per heavy atom. The first-order valence-electron chi connectivity index (χ1n) is 5.32. The van der Waals surface area contributed by atoms with E-state index < -0.39 is 17.7 Å². The Balaban J connectivity index is 2.59. The zero-order valence-electron chi connectivity index (χ0n) is 8.69. The van der Waals surface area contributed by atoms with Crippen molar-refractivity contribution in [1.29, 1.82) is 0 Å². The van der Waals surface area contributed by atoms with Crippen LogP contribution in [-0.4, -0.2) is 16.9 Å². The Morgan fingerprint density at radius 2 is 2.13 bits per heavy atom. The molecule has 1 saturated carbocycles. The summed E-state index contributed by atoms with van der Waals surface area (Å²) < 4.78 is 37.9. The van der Waals surface area contributed by atoms with E-state index in [1.54, 1.807) is 6.08 Å². The van der Waals surface area contributed by atoms with Crippen LogP contribution in [0.5, 0.6) is 0 Å². The average Bonchev–Trinajstić information content (AvgIpc) is 2.49. The number of allylic oxidation sites excluding steroid dienone is 1. The third-order valence-corrected chi connectivity index (χ3v) is 3.24. The van der Waals surface area contributed by atoms with Crippen LogP contribution in [0.1, 0.15) is 38.5 Å². The Hall–Kier alpha value is -0.510. The molecule has 4 heteroatoms. The van der Waals surface area contributed by atoms with E-state index in [0.717, 1.165) is 0 Å². The largest absolute Gasteiger partial charge is 0.417 e. The lowest BCUT2D eigenvalue weighted by Gasteiger charge is -2.32. The van der Waals surface area contributed by atoms with Crippen LogP contribution in [-0.2, 0) is 0 Å². The fraction of sp³-hybridized carbons (Fsp3) is 0.818. The summed E-state index contributed by atoms with van der Waals surface area (Å²) in [7, 11) is 0. The number of aliphatic hydroxyl groups is 1. The molecule has 1 N–H and O–H groups in total. The first-order valence-corrected chi connectivity index (χ1v) is 5.32. The van der Waals surface area contributed by atoms with Gasteiger partial charge in [-0.15, -0.1) is 6.58 Å². The molecule has 0 spiro atoms. The molecular formula is C11H17F3O. The molecule has 0 aliphatic heterocycles. The van der Waals surface area contributed by atoms with Crippen molar-refractivity contribution < 1.29 is 18.3 Å². The van der Waals surface area contributed by atoms with Gasteiger partial charge in [-0.25, -0.2) is 0 Å². The number of alkyl halides is 3. The molecule has 1 unspecified atom stereocenters. The van der Waals surface area contributed by atoms with Gasteiger partial charge in [-0.05, 0) is 44.4 Å². The van der Waals surface area contributed by atoms with Crippen LogP contribution in [0, 0.1) is 5.92 Å². The van der Waals surface area contributed by atoms with Gasteiger partial charge in [0.05, 0.1) is 0 Å². The van der Waals surface area contributed by atoms with E-state index in [2.05, 4.69) is 6.58 Å². The topological polar surface area (TPSA) is 20.2 Å². The second-order valence-corrected chi connectivity index (χ2v) is 4.23. The van der Waals surface area contributed by atoms with Crippen LogP contribution >= 0.6 is 0 Å². The van der Waals surface area contributed by atoms with E-state index >= 15 is 0 Å². The van der Waals surface area contributed by atoms with Crippen molar-refractivity contribution in [2.75, 3.05) is 0 Å². The molecular weight excluding hydrogens is 205 g/mol. The van der Waals surface area contributed by atoms with Crippen molar-refractivity contribution in [1.82, 2.24) is 0 Å². The van der Waals surface area contributed by atoms with E-state index in [4.69, 9.17) is 0 Å². The summed E-state index contributed by atoms with van der Waals surface area (Å²) in [5, 5.41) is 9.64. The summed E-state index contributed by atoms with van der Waals surface area (Å²) in [5.41, 5.74) is -2.44. The average molecular weight is 222 g/mol. The fourth-order valence-corrected chi connectivity index (χ4v) is 2.33. The molecule has 1 aliphatic rings. The lowest BCUT2D eigenvalue weighted by atomic mass is 9.86. The van der Waals surface area contributed by atoms with Crippen molar-refractivity contribution in [3.63, 3.8) is 0 Å². The normalized spacial score (nSPS) is 31.9. The van der Waals surface area contributed by atoms with Crippen LogP contribution in [0.15, 0.2) is 12.7 Å². The van der Waals surface area contributed by atoms with Gasteiger partial charge in [-0.1, -0.05) is 6.08 Å². The quantitative estimate of drug-likeness (QED) is 0.570. The Kier molecular flexibility index (Phi) is 3.82. The van der Waals surface area contributed by atoms with E-state index in [9.17, 15) is 18.3 Å². The summed E-state index contributed by atoms with van der Waals surface area (Å²) in [6.07, 6.45) is -0.167. The number of unbranched alkanes of at least 4 members (excludes halogenated alkanes) is 1. The molecule has 15 heavy (non-hydrogen) atoms. The fourth-order valence-electron chi connectivity index (χ4n) is 2.33. The minimum atomic E-state index is -4.48. The Morgan fingerprint density at radius 1 is 1.47 bits per heavy atom. The molecule has 0 saturated heterocycles. The van der Waals surface area contributed by atoms with Crippen LogP contribution in [0.3, 0.4) is 0 Å². The van der Waals surface area contributed by atoms with Crippen molar-refractivity contribution in [3.8, 4) is 0 Å². The molecule has 0 aromatic rings. The number of rotatable bonds is 4. The molecule has 88 valence electrons. The highest BCUT2D eigenvalue weighted by Crippen LogP contribution is 2.48. The zero-order chi connectivity index (χ0) is 11.5. The lowest BCUT2D eigenvalue weighted by Crippen LogP contribution is -2.48. The molecule has 0 aromatic carbocycles. The molecule has 2 atom stereocenters. The van der Waals surface area contributed by atoms with Crippen LogP contribution < -0.4 is 0 Å². The highest BCUT2D eigenvalue weighted by atomic mass is 19.4. The van der Waals surface area contributed by atoms with Gasteiger partial charge in [0, 0.05) is 0 Å². The summed E-state index contributed by atoms with van der Waals surface area (Å²) in [4.78, 5) is 0. The molecule has 1 aliphatic carbocycles. The number of hydrogen-bond donors (Lipinski definition) is 1. The smallest absolute Gasteiger partial charge is 0.380 e. The number of hydrogen-bond acceptors (Lipinski definition) is 1. The first-order chi connectivity index (χ1) is 6.92. The van der Waals surface area contributed by atoms with Crippen molar-refractivity contribution in [2.45, 2.75) is 50.3 Å². The molecule has 1 nitrogen and oxygen atoms in total. The molecule has 1 rings (SSSR count). The SMILES string of the molecule is C=CCCC[C@@H]1CCCC1(O)C(F)(F)F. The zero-order valence-corrected chi connectivity index (χ0v) is 8.69. The minimum absolute atomic E-state index is 0.144. The van der Waals surface area contributed by atoms with Gasteiger partial charge in [0.25, 0.3) is 0 Å². The van der Waals surface area contributed by atoms with E-state index in [0.29, 0.717) is 32.1 Å². The maximum Gasteiger partial charge on any atom is 0.417 e. The molecule has 0 radical (unpaired) electrons. The maximum absolute atomic E-state index is 12.6. The van der Waals surface area contributed by atoms with Gasteiger partial charge < -0.3 is 5.11 Å². The van der Waals surface area contributed by atoms with Crippen LogP contribution in [0.4, 0.5) is 13.2 Å². The van der Waals surface area contributed by atoms with Crippen LogP contribution in [0.2, 0.25) is 0 Å².